The first kappa shape index (κ1) is 14.1. The van der Waals surface area contributed by atoms with Crippen LogP contribution in [0.2, 0.25) is 0 Å². The Balaban J connectivity index is 0. The summed E-state index contributed by atoms with van der Waals surface area (Å²) in [7, 11) is 3.38. The highest BCUT2D eigenvalue weighted by Crippen LogP contribution is 2.58. The van der Waals surface area contributed by atoms with Crippen molar-refractivity contribution in [1.29, 1.82) is 0 Å². The minimum Gasteiger partial charge on any atom is -0.351 e. The summed E-state index contributed by atoms with van der Waals surface area (Å²) in [4.78, 5) is 10.9. The van der Waals surface area contributed by atoms with Crippen LogP contribution in [0.3, 0.4) is 0 Å². The minimum atomic E-state index is -3.44. The van der Waals surface area contributed by atoms with Gasteiger partial charge in [0.15, 0.2) is 0 Å². The zero-order valence-electron chi connectivity index (χ0n) is 5.83. The number of hydrogen-bond acceptors (Lipinski definition) is 3. The van der Waals surface area contributed by atoms with Gasteiger partial charge in [0.05, 0.1) is 11.9 Å². The third-order valence-corrected chi connectivity index (χ3v) is 1.87. The molecule has 4 nitrogen and oxygen atoms in total. The molecule has 11 heavy (non-hydrogen) atoms. The van der Waals surface area contributed by atoms with Crippen LogP contribution in [0.1, 0.15) is 0 Å². The third-order valence-electron chi connectivity index (χ3n) is 0.291. The molecule has 0 aromatic heterocycles. The Morgan fingerprint density at radius 3 is 1.64 bits per heavy atom. The number of hydrogen-bond donors (Lipinski definition) is 0. The Bertz CT molecular complexity index is 147. The fraction of sp³-hybridized carbons (Fsp3) is 0.667. The highest BCUT2D eigenvalue weighted by Gasteiger charge is 2.11. The van der Waals surface area contributed by atoms with Crippen LogP contribution >= 0.6 is 40.4 Å². The smallest absolute Gasteiger partial charge is 0.351 e. The highest BCUT2D eigenvalue weighted by molar-refractivity contribution is 8.05. The molecule has 0 aromatic carbocycles. The second kappa shape index (κ2) is 7.19. The maximum atomic E-state index is 9.76. The van der Waals surface area contributed by atoms with E-state index in [0.717, 1.165) is 6.41 Å². The molecule has 0 aromatic rings. The molecule has 0 rings (SSSR count). The van der Waals surface area contributed by atoms with Gasteiger partial charge in [0.25, 0.3) is 0 Å². The van der Waals surface area contributed by atoms with Gasteiger partial charge in [-0.1, -0.05) is 0 Å². The Morgan fingerprint density at radius 2 is 1.64 bits per heavy atom. The zero-order chi connectivity index (χ0) is 9.49. The molecular formula is C3H7Cl3NO3P. The van der Waals surface area contributed by atoms with Gasteiger partial charge in [-0.2, -0.15) is 4.08 Å². The molecule has 0 unspecified atom stereocenters. The van der Waals surface area contributed by atoms with Gasteiger partial charge >= 0.3 is 6.07 Å². The van der Waals surface area contributed by atoms with Crippen molar-refractivity contribution in [3.05, 3.63) is 0 Å². The zero-order valence-corrected chi connectivity index (χ0v) is 8.99. The summed E-state index contributed by atoms with van der Waals surface area (Å²) < 4.78 is 13.3. The van der Waals surface area contributed by atoms with Crippen LogP contribution in [-0.2, 0) is 13.4 Å². The fourth-order valence-electron chi connectivity index (χ4n) is 0. The van der Waals surface area contributed by atoms with Crippen LogP contribution in [0, 0.1) is 0 Å². The van der Waals surface area contributed by atoms with E-state index in [9.17, 15) is 9.36 Å². The van der Waals surface area contributed by atoms with E-state index in [-0.39, 0.29) is 0 Å². The maximum absolute atomic E-state index is 9.76. The summed E-state index contributed by atoms with van der Waals surface area (Å²) in [6, 6.07) is 0. The Labute approximate surface area is 79.6 Å². The molecule has 0 heterocycles. The van der Waals surface area contributed by atoms with E-state index in [4.69, 9.17) is 0 Å². The molecule has 0 aliphatic heterocycles. The number of rotatable bonds is 2. The molecule has 8 heteroatoms. The predicted octanol–water partition coefficient (Wildman–Crippen LogP) is 2.45. The molecule has 68 valence electrons. The van der Waals surface area contributed by atoms with Crippen molar-refractivity contribution >= 4 is 46.8 Å². The average Bonchev–Trinajstić information content (AvgIpc) is 1.88. The number of nitrogens with zero attached hydrogens (tertiary/aromatic N) is 1. The number of carbonyl (C=O) groups is 1. The molecule has 1 amide bonds. The summed E-state index contributed by atoms with van der Waals surface area (Å²) in [5.41, 5.74) is 0. The Kier molecular flexibility index (Phi) is 9.21. The lowest BCUT2D eigenvalue weighted by Gasteiger charge is -1.93. The molecule has 0 aliphatic rings. The molecule has 0 bridgehead atoms. The maximum Gasteiger partial charge on any atom is 0.396 e. The lowest BCUT2D eigenvalue weighted by Crippen LogP contribution is -2.06. The fourth-order valence-corrected chi connectivity index (χ4v) is 0. The SMILES string of the molecule is CN(C)C=O.O=P(Cl)(Cl)OCl. The molecule has 0 spiro atoms. The second-order valence-electron chi connectivity index (χ2n) is 1.55. The van der Waals surface area contributed by atoms with Gasteiger partial charge in [-0.15, -0.1) is 0 Å². The monoisotopic (exact) mass is 241 g/mol. The van der Waals surface area contributed by atoms with Crippen molar-refractivity contribution in [1.82, 2.24) is 4.90 Å². The molecule has 0 aliphatic carbocycles. The van der Waals surface area contributed by atoms with Gasteiger partial charge in [-0.3, -0.25) is 9.36 Å². The highest BCUT2D eigenvalue weighted by atomic mass is 35.9. The van der Waals surface area contributed by atoms with E-state index >= 15 is 0 Å². The summed E-state index contributed by atoms with van der Waals surface area (Å²) in [6.07, 6.45) is -2.69. The quantitative estimate of drug-likeness (QED) is 0.552. The minimum absolute atomic E-state index is 0.750. The van der Waals surface area contributed by atoms with Crippen molar-refractivity contribution in [2.45, 2.75) is 0 Å². The Hall–Kier alpha value is 0.530. The number of carbonyl (C=O) groups excluding carboxylic acids is 1. The van der Waals surface area contributed by atoms with Gasteiger partial charge in [-0.05, 0) is 22.5 Å². The summed E-state index contributed by atoms with van der Waals surface area (Å²) in [5.74, 6) is 0. The van der Waals surface area contributed by atoms with E-state index in [1.54, 1.807) is 14.1 Å². The summed E-state index contributed by atoms with van der Waals surface area (Å²) in [6.45, 7) is 0. The van der Waals surface area contributed by atoms with Crippen molar-refractivity contribution in [3.63, 3.8) is 0 Å². The first-order valence-corrected chi connectivity index (χ1v) is 5.99. The van der Waals surface area contributed by atoms with E-state index in [1.807, 2.05) is 0 Å². The number of halogens is 3. The normalized spacial score (nSPS) is 9.55. The van der Waals surface area contributed by atoms with Crippen LogP contribution in [-0.4, -0.2) is 25.4 Å². The standard InChI is InChI=1S/C3H7NO.Cl3O2P/c1-4(2)3-5;1-5-6(2,3)4/h3H,1-2H3;. The molecule has 0 radical (unpaired) electrons. The molecule has 0 saturated heterocycles. The lowest BCUT2D eigenvalue weighted by molar-refractivity contribution is -0.115. The van der Waals surface area contributed by atoms with Gasteiger partial charge in [0.2, 0.25) is 6.41 Å². The van der Waals surface area contributed by atoms with Crippen molar-refractivity contribution in [2.75, 3.05) is 14.1 Å². The van der Waals surface area contributed by atoms with E-state index < -0.39 is 6.07 Å². The van der Waals surface area contributed by atoms with E-state index in [1.165, 1.54) is 4.90 Å². The Morgan fingerprint density at radius 1 is 1.45 bits per heavy atom. The van der Waals surface area contributed by atoms with Gasteiger partial charge in [-0.25, -0.2) is 0 Å². The second-order valence-corrected chi connectivity index (χ2v) is 6.12. The van der Waals surface area contributed by atoms with Crippen molar-refractivity contribution in [3.8, 4) is 0 Å². The van der Waals surface area contributed by atoms with E-state index in [2.05, 4.69) is 38.4 Å². The topological polar surface area (TPSA) is 46.6 Å². The van der Waals surface area contributed by atoms with Crippen molar-refractivity contribution < 1.29 is 13.4 Å². The molecule has 0 fully saturated rings. The third kappa shape index (κ3) is 25.1. The van der Waals surface area contributed by atoms with Gasteiger partial charge < -0.3 is 4.90 Å². The van der Waals surface area contributed by atoms with Crippen LogP contribution in [0.4, 0.5) is 0 Å². The van der Waals surface area contributed by atoms with Crippen LogP contribution in [0.15, 0.2) is 0 Å². The summed E-state index contributed by atoms with van der Waals surface area (Å²) >= 11 is 13.8. The lowest BCUT2D eigenvalue weighted by atomic mass is 11.0. The van der Waals surface area contributed by atoms with Crippen LogP contribution in [0.5, 0.6) is 0 Å². The summed E-state index contributed by atoms with van der Waals surface area (Å²) in [5, 5.41) is 0. The van der Waals surface area contributed by atoms with Crippen LogP contribution < -0.4 is 0 Å². The first-order chi connectivity index (χ1) is 4.83. The van der Waals surface area contributed by atoms with Crippen LogP contribution in [0.25, 0.3) is 0 Å². The molecule has 0 saturated carbocycles. The predicted molar refractivity (Wildman–Crippen MR) is 46.0 cm³/mol. The van der Waals surface area contributed by atoms with Gasteiger partial charge in [0, 0.05) is 14.1 Å². The van der Waals surface area contributed by atoms with Gasteiger partial charge in [0.1, 0.15) is 0 Å². The average molecular weight is 242 g/mol. The van der Waals surface area contributed by atoms with E-state index in [0.29, 0.717) is 0 Å². The first-order valence-electron chi connectivity index (χ1n) is 2.25. The molecular weight excluding hydrogens is 235 g/mol. The molecule has 0 atom stereocenters. The molecule has 0 N–H and O–H groups in total. The largest absolute Gasteiger partial charge is 0.396 e. The van der Waals surface area contributed by atoms with Crippen molar-refractivity contribution in [2.24, 2.45) is 0 Å². The number of amides is 1.